The average molecular weight is 351 g/mol. The molecule has 5 nitrogen and oxygen atoms in total. The lowest BCUT2D eigenvalue weighted by atomic mass is 10.1. The Balaban J connectivity index is 2.36. The number of thioether (sulfide) groups is 1. The first-order valence-electron chi connectivity index (χ1n) is 6.71. The fourth-order valence-corrected chi connectivity index (χ4v) is 3.21. The minimum Gasteiger partial charge on any atom is -0.493 e. The van der Waals surface area contributed by atoms with Crippen molar-refractivity contribution in [3.8, 4) is 17.2 Å². The second kappa shape index (κ2) is 7.52. The van der Waals surface area contributed by atoms with Gasteiger partial charge in [-0.15, -0.1) is 0 Å². The summed E-state index contributed by atoms with van der Waals surface area (Å²) >= 11 is 6.23. The number of nitrogens with one attached hydrogen (secondary N) is 1. The number of carbonyl (C=O) groups excluding carboxylic acids is 1. The lowest BCUT2D eigenvalue weighted by molar-refractivity contribution is -0.115. The van der Waals surface area contributed by atoms with Gasteiger partial charge in [0.1, 0.15) is 4.32 Å². The summed E-state index contributed by atoms with van der Waals surface area (Å²) in [4.78, 5) is 12.3. The Hall–Kier alpha value is -1.99. The highest BCUT2D eigenvalue weighted by molar-refractivity contribution is 8.26. The first-order valence-corrected chi connectivity index (χ1v) is 7.94. The zero-order valence-electron chi connectivity index (χ0n) is 13.3. The monoisotopic (exact) mass is 351 g/mol. The van der Waals surface area contributed by atoms with Crippen LogP contribution in [0, 0.1) is 0 Å². The van der Waals surface area contributed by atoms with Crippen molar-refractivity contribution in [2.75, 3.05) is 21.3 Å². The molecular weight excluding hydrogens is 334 g/mol. The van der Waals surface area contributed by atoms with E-state index in [0.29, 0.717) is 26.5 Å². The molecule has 0 radical (unpaired) electrons. The number of rotatable bonds is 5. The number of thiocarbonyl (C=S) groups is 1. The lowest BCUT2D eigenvalue weighted by Crippen LogP contribution is -2.17. The van der Waals surface area contributed by atoms with Gasteiger partial charge in [0.15, 0.2) is 11.5 Å². The van der Waals surface area contributed by atoms with E-state index in [9.17, 15) is 4.79 Å². The zero-order chi connectivity index (χ0) is 17.0. The van der Waals surface area contributed by atoms with Crippen LogP contribution in [0.4, 0.5) is 0 Å². The number of hydrogen-bond donors (Lipinski definition) is 1. The average Bonchev–Trinajstić information content (AvgIpc) is 2.83. The molecule has 2 rings (SSSR count). The number of ether oxygens (including phenoxy) is 3. The standard InChI is InChI=1S/C16H17NO4S2/c1-9(6-13-15(18)17-16(22)23-13)5-10-7-11(19-2)14(21-4)12(8-10)20-3/h5-8H,1-4H3,(H,17,18,22). The number of allylic oxidation sites excluding steroid dienone is 2. The van der Waals surface area contributed by atoms with Crippen molar-refractivity contribution in [1.29, 1.82) is 0 Å². The van der Waals surface area contributed by atoms with Gasteiger partial charge in [-0.05, 0) is 36.3 Å². The summed E-state index contributed by atoms with van der Waals surface area (Å²) in [7, 11) is 4.70. The summed E-state index contributed by atoms with van der Waals surface area (Å²) in [5, 5.41) is 2.59. The summed E-state index contributed by atoms with van der Waals surface area (Å²) in [6, 6.07) is 3.69. The second-order valence-electron chi connectivity index (χ2n) is 4.70. The van der Waals surface area contributed by atoms with Crippen molar-refractivity contribution in [2.24, 2.45) is 0 Å². The quantitative estimate of drug-likeness (QED) is 0.650. The van der Waals surface area contributed by atoms with E-state index >= 15 is 0 Å². The third kappa shape index (κ3) is 4.05. The predicted octanol–water partition coefficient (Wildman–Crippen LogP) is 3.15. The summed E-state index contributed by atoms with van der Waals surface area (Å²) < 4.78 is 16.4. The van der Waals surface area contributed by atoms with Crippen LogP contribution in [0.25, 0.3) is 6.08 Å². The molecule has 0 aliphatic carbocycles. The maximum absolute atomic E-state index is 11.7. The largest absolute Gasteiger partial charge is 0.493 e. The minimum absolute atomic E-state index is 0.169. The van der Waals surface area contributed by atoms with Gasteiger partial charge >= 0.3 is 0 Å². The fourth-order valence-electron chi connectivity index (χ4n) is 2.12. The van der Waals surface area contributed by atoms with Crippen LogP contribution in [0.5, 0.6) is 17.2 Å². The van der Waals surface area contributed by atoms with Gasteiger partial charge in [-0.25, -0.2) is 0 Å². The van der Waals surface area contributed by atoms with E-state index in [1.54, 1.807) is 27.4 Å². The molecule has 0 aromatic heterocycles. The number of benzene rings is 1. The maximum Gasteiger partial charge on any atom is 0.263 e. The fraction of sp³-hybridized carbons (Fsp3) is 0.250. The Morgan fingerprint density at radius 2 is 1.78 bits per heavy atom. The third-order valence-electron chi connectivity index (χ3n) is 3.08. The molecule has 1 aromatic carbocycles. The Kier molecular flexibility index (Phi) is 5.68. The van der Waals surface area contributed by atoms with E-state index in [0.717, 1.165) is 11.1 Å². The Bertz CT molecular complexity index is 685. The number of carbonyl (C=O) groups is 1. The van der Waals surface area contributed by atoms with E-state index in [4.69, 9.17) is 26.4 Å². The number of amides is 1. The molecule has 0 atom stereocenters. The molecule has 0 bridgehead atoms. The summed E-state index contributed by atoms with van der Waals surface area (Å²) in [6.45, 7) is 1.91. The summed E-state index contributed by atoms with van der Waals surface area (Å²) in [5.41, 5.74) is 1.78. The van der Waals surface area contributed by atoms with E-state index < -0.39 is 0 Å². The molecule has 0 spiro atoms. The van der Waals surface area contributed by atoms with Crippen LogP contribution in [0.15, 0.2) is 28.7 Å². The Labute approximate surface area is 144 Å². The molecule has 1 saturated heterocycles. The highest BCUT2D eigenvalue weighted by atomic mass is 32.2. The molecule has 122 valence electrons. The van der Waals surface area contributed by atoms with Gasteiger partial charge < -0.3 is 19.5 Å². The molecule has 1 aliphatic heterocycles. The van der Waals surface area contributed by atoms with E-state index in [-0.39, 0.29) is 5.91 Å². The van der Waals surface area contributed by atoms with Crippen molar-refractivity contribution >= 4 is 40.3 Å². The molecule has 1 aromatic rings. The SMILES string of the molecule is COc1cc(C=C(C)C=C2SC(=S)NC2=O)cc(OC)c1OC. The van der Waals surface area contributed by atoms with Gasteiger partial charge in [-0.2, -0.15) is 0 Å². The minimum atomic E-state index is -0.169. The predicted molar refractivity (Wildman–Crippen MR) is 96.2 cm³/mol. The first-order chi connectivity index (χ1) is 11.0. The van der Waals surface area contributed by atoms with Crippen molar-refractivity contribution in [1.82, 2.24) is 5.32 Å². The molecule has 0 saturated carbocycles. The van der Waals surface area contributed by atoms with Crippen LogP contribution in [0.3, 0.4) is 0 Å². The van der Waals surface area contributed by atoms with Crippen LogP contribution in [-0.2, 0) is 4.79 Å². The zero-order valence-corrected chi connectivity index (χ0v) is 14.9. The van der Waals surface area contributed by atoms with Crippen LogP contribution >= 0.6 is 24.0 Å². The second-order valence-corrected chi connectivity index (χ2v) is 6.42. The van der Waals surface area contributed by atoms with Gasteiger partial charge in [-0.3, -0.25) is 4.79 Å². The van der Waals surface area contributed by atoms with Crippen molar-refractivity contribution in [3.05, 3.63) is 34.3 Å². The molecule has 1 aliphatic rings. The summed E-state index contributed by atoms with van der Waals surface area (Å²) in [6.07, 6.45) is 3.72. The Morgan fingerprint density at radius 1 is 1.17 bits per heavy atom. The van der Waals surface area contributed by atoms with Gasteiger partial charge in [0, 0.05) is 0 Å². The first kappa shape index (κ1) is 17.4. The van der Waals surface area contributed by atoms with E-state index in [1.807, 2.05) is 25.1 Å². The van der Waals surface area contributed by atoms with Crippen LogP contribution in [0.2, 0.25) is 0 Å². The van der Waals surface area contributed by atoms with Gasteiger partial charge in [-0.1, -0.05) is 30.1 Å². The van der Waals surface area contributed by atoms with Crippen molar-refractivity contribution in [2.45, 2.75) is 6.92 Å². The van der Waals surface area contributed by atoms with Crippen LogP contribution in [-0.4, -0.2) is 31.6 Å². The maximum atomic E-state index is 11.7. The highest BCUT2D eigenvalue weighted by Gasteiger charge is 2.21. The lowest BCUT2D eigenvalue weighted by Gasteiger charge is -2.13. The van der Waals surface area contributed by atoms with Crippen LogP contribution in [0.1, 0.15) is 12.5 Å². The van der Waals surface area contributed by atoms with Gasteiger partial charge in [0.25, 0.3) is 5.91 Å². The topological polar surface area (TPSA) is 56.8 Å². The molecule has 1 fully saturated rings. The number of methoxy groups -OCH3 is 3. The molecular formula is C16H17NO4S2. The molecule has 1 heterocycles. The Morgan fingerprint density at radius 3 is 2.22 bits per heavy atom. The van der Waals surface area contributed by atoms with E-state index in [2.05, 4.69) is 5.32 Å². The number of hydrogen-bond acceptors (Lipinski definition) is 6. The highest BCUT2D eigenvalue weighted by Crippen LogP contribution is 2.38. The molecule has 1 N–H and O–H groups in total. The third-order valence-corrected chi connectivity index (χ3v) is 4.24. The molecule has 1 amide bonds. The molecule has 0 unspecified atom stereocenters. The molecule has 7 heteroatoms. The normalized spacial score (nSPS) is 16.5. The van der Waals surface area contributed by atoms with Crippen molar-refractivity contribution in [3.63, 3.8) is 0 Å². The van der Waals surface area contributed by atoms with Gasteiger partial charge in [0.05, 0.1) is 26.2 Å². The van der Waals surface area contributed by atoms with Crippen LogP contribution < -0.4 is 19.5 Å². The summed E-state index contributed by atoms with van der Waals surface area (Å²) in [5.74, 6) is 1.53. The van der Waals surface area contributed by atoms with Gasteiger partial charge in [0.2, 0.25) is 5.75 Å². The smallest absolute Gasteiger partial charge is 0.263 e. The van der Waals surface area contributed by atoms with E-state index in [1.165, 1.54) is 11.8 Å². The molecule has 23 heavy (non-hydrogen) atoms. The van der Waals surface area contributed by atoms with Crippen molar-refractivity contribution < 1.29 is 19.0 Å².